The maximum atomic E-state index is 6.06. The van der Waals surface area contributed by atoms with Crippen molar-refractivity contribution in [2.75, 3.05) is 0 Å². The van der Waals surface area contributed by atoms with Gasteiger partial charge in [-0.3, -0.25) is 0 Å². The highest BCUT2D eigenvalue weighted by molar-refractivity contribution is 7.11. The number of nitrogens with two attached hydrogens (primary N) is 1. The minimum absolute atomic E-state index is 0.206. The van der Waals surface area contributed by atoms with Gasteiger partial charge in [-0.15, -0.1) is 11.3 Å². The summed E-state index contributed by atoms with van der Waals surface area (Å²) in [6.45, 7) is 4.53. The highest BCUT2D eigenvalue weighted by Crippen LogP contribution is 2.32. The third-order valence-corrected chi connectivity index (χ3v) is 4.17. The van der Waals surface area contributed by atoms with Crippen LogP contribution >= 0.6 is 11.3 Å². The topological polar surface area (TPSA) is 38.9 Å². The second-order valence-corrected chi connectivity index (χ2v) is 6.02. The van der Waals surface area contributed by atoms with Gasteiger partial charge in [-0.2, -0.15) is 0 Å². The molecule has 1 unspecified atom stereocenters. The Morgan fingerprint density at radius 3 is 3.00 bits per heavy atom. The molecule has 0 saturated heterocycles. The Balaban J connectivity index is 2.08. The van der Waals surface area contributed by atoms with Crippen molar-refractivity contribution in [3.8, 4) is 0 Å². The van der Waals surface area contributed by atoms with E-state index in [1.54, 1.807) is 0 Å². The van der Waals surface area contributed by atoms with E-state index >= 15 is 0 Å². The molecule has 0 aromatic carbocycles. The molecule has 84 valence electrons. The fourth-order valence-corrected chi connectivity index (χ4v) is 3.22. The van der Waals surface area contributed by atoms with Gasteiger partial charge in [-0.05, 0) is 38.0 Å². The van der Waals surface area contributed by atoms with Crippen LogP contribution in [-0.4, -0.2) is 4.98 Å². The van der Waals surface area contributed by atoms with Gasteiger partial charge in [0.05, 0.1) is 10.7 Å². The predicted molar refractivity (Wildman–Crippen MR) is 65.1 cm³/mol. The lowest BCUT2D eigenvalue weighted by Crippen LogP contribution is -2.16. The van der Waals surface area contributed by atoms with Gasteiger partial charge in [-0.25, -0.2) is 4.98 Å². The molecule has 0 saturated carbocycles. The lowest BCUT2D eigenvalue weighted by molar-refractivity contribution is 0.557. The number of hydrogen-bond donors (Lipinski definition) is 1. The second kappa shape index (κ2) is 4.62. The molecule has 2 rings (SSSR count). The molecule has 1 aromatic heterocycles. The van der Waals surface area contributed by atoms with Crippen LogP contribution in [0.25, 0.3) is 0 Å². The van der Waals surface area contributed by atoms with Crippen LogP contribution in [0.4, 0.5) is 0 Å². The molecule has 0 bridgehead atoms. The van der Waals surface area contributed by atoms with Crippen LogP contribution in [0.1, 0.15) is 54.7 Å². The first-order valence-corrected chi connectivity index (χ1v) is 6.72. The Kier molecular flexibility index (Phi) is 3.42. The quantitative estimate of drug-likeness (QED) is 0.857. The van der Waals surface area contributed by atoms with Crippen molar-refractivity contribution < 1.29 is 0 Å². The van der Waals surface area contributed by atoms with Crippen LogP contribution in [0.15, 0.2) is 0 Å². The molecular formula is C12H20N2S. The first-order valence-electron chi connectivity index (χ1n) is 5.91. The lowest BCUT2D eigenvalue weighted by atomic mass is 9.99. The number of thiazole rings is 1. The maximum Gasteiger partial charge on any atom is 0.0931 e. The van der Waals surface area contributed by atoms with Gasteiger partial charge in [0.15, 0.2) is 0 Å². The maximum absolute atomic E-state index is 6.06. The summed E-state index contributed by atoms with van der Waals surface area (Å²) in [5.74, 6) is 0.764. The Labute approximate surface area is 95.9 Å². The monoisotopic (exact) mass is 224 g/mol. The van der Waals surface area contributed by atoms with E-state index in [0.29, 0.717) is 0 Å². The van der Waals surface area contributed by atoms with Crippen LogP contribution in [0.5, 0.6) is 0 Å². The van der Waals surface area contributed by atoms with Crippen molar-refractivity contribution in [2.45, 2.75) is 52.0 Å². The van der Waals surface area contributed by atoms with Crippen molar-refractivity contribution in [1.82, 2.24) is 4.98 Å². The van der Waals surface area contributed by atoms with Gasteiger partial charge in [0, 0.05) is 10.9 Å². The largest absolute Gasteiger partial charge is 0.323 e. The van der Waals surface area contributed by atoms with Gasteiger partial charge in [0.2, 0.25) is 0 Å². The van der Waals surface area contributed by atoms with Gasteiger partial charge < -0.3 is 5.73 Å². The molecule has 1 aliphatic carbocycles. The van der Waals surface area contributed by atoms with E-state index in [0.717, 1.165) is 18.8 Å². The van der Waals surface area contributed by atoms with Crippen LogP contribution < -0.4 is 5.73 Å². The summed E-state index contributed by atoms with van der Waals surface area (Å²) < 4.78 is 0. The van der Waals surface area contributed by atoms with Crippen molar-refractivity contribution in [3.05, 3.63) is 15.6 Å². The van der Waals surface area contributed by atoms with Gasteiger partial charge in [0.25, 0.3) is 0 Å². The fraction of sp³-hybridized carbons (Fsp3) is 0.750. The van der Waals surface area contributed by atoms with Crippen molar-refractivity contribution in [2.24, 2.45) is 11.7 Å². The fourth-order valence-electron chi connectivity index (χ4n) is 2.02. The highest BCUT2D eigenvalue weighted by atomic mass is 32.1. The minimum Gasteiger partial charge on any atom is -0.323 e. The lowest BCUT2D eigenvalue weighted by Gasteiger charge is -2.15. The summed E-state index contributed by atoms with van der Waals surface area (Å²) in [6.07, 6.45) is 5.91. The van der Waals surface area contributed by atoms with Gasteiger partial charge in [-0.1, -0.05) is 13.8 Å². The predicted octanol–water partition coefficient (Wildman–Crippen LogP) is 3.07. The molecule has 0 fully saturated rings. The van der Waals surface area contributed by atoms with Crippen molar-refractivity contribution >= 4 is 11.3 Å². The van der Waals surface area contributed by atoms with E-state index in [4.69, 9.17) is 10.7 Å². The van der Waals surface area contributed by atoms with E-state index < -0.39 is 0 Å². The first-order chi connectivity index (χ1) is 7.16. The van der Waals surface area contributed by atoms with Crippen molar-refractivity contribution in [1.29, 1.82) is 0 Å². The van der Waals surface area contributed by atoms with Gasteiger partial charge in [0.1, 0.15) is 0 Å². The zero-order valence-corrected chi connectivity index (χ0v) is 10.4. The van der Waals surface area contributed by atoms with E-state index in [-0.39, 0.29) is 6.04 Å². The number of rotatable bonds is 3. The number of aryl methyl sites for hydroxylation is 2. The number of aromatic nitrogens is 1. The zero-order chi connectivity index (χ0) is 10.8. The Bertz CT molecular complexity index is 330. The molecule has 0 amide bonds. The van der Waals surface area contributed by atoms with E-state index in [1.807, 2.05) is 11.3 Å². The van der Waals surface area contributed by atoms with E-state index in [2.05, 4.69) is 13.8 Å². The molecule has 1 aromatic rings. The average molecular weight is 224 g/mol. The molecule has 1 heterocycles. The molecule has 0 spiro atoms. The molecule has 0 aliphatic heterocycles. The summed E-state index contributed by atoms with van der Waals surface area (Å²) >= 11 is 1.89. The van der Waals surface area contributed by atoms with Crippen molar-refractivity contribution in [3.63, 3.8) is 0 Å². The molecule has 2 nitrogen and oxygen atoms in total. The second-order valence-electron chi connectivity index (χ2n) is 4.85. The molecule has 1 atom stereocenters. The minimum atomic E-state index is 0.206. The van der Waals surface area contributed by atoms with E-state index in [9.17, 15) is 0 Å². The molecule has 15 heavy (non-hydrogen) atoms. The smallest absolute Gasteiger partial charge is 0.0931 e. The molecule has 0 radical (unpaired) electrons. The molecule has 2 N–H and O–H groups in total. The van der Waals surface area contributed by atoms with Crippen LogP contribution in [0.3, 0.4) is 0 Å². The molecular weight excluding hydrogens is 204 g/mol. The number of fused-ring (bicyclic) bond motifs is 1. The van der Waals surface area contributed by atoms with Crippen LogP contribution in [0.2, 0.25) is 0 Å². The highest BCUT2D eigenvalue weighted by Gasteiger charge is 2.21. The van der Waals surface area contributed by atoms with Gasteiger partial charge >= 0.3 is 0 Å². The third kappa shape index (κ3) is 2.58. The summed E-state index contributed by atoms with van der Waals surface area (Å²) in [6, 6.07) is 0.206. The molecule has 1 aliphatic rings. The standard InChI is InChI=1S/C12H20N2S/c1-8(2)6-7-11-14-12-9(13)4-3-5-10(12)15-11/h8-9H,3-7,13H2,1-2H3. The normalized spacial score (nSPS) is 20.7. The summed E-state index contributed by atoms with van der Waals surface area (Å²) in [4.78, 5) is 6.15. The molecule has 3 heteroatoms. The number of nitrogens with zero attached hydrogens (tertiary/aromatic N) is 1. The summed E-state index contributed by atoms with van der Waals surface area (Å²) in [5, 5.41) is 1.30. The zero-order valence-electron chi connectivity index (χ0n) is 9.62. The summed E-state index contributed by atoms with van der Waals surface area (Å²) in [5.41, 5.74) is 7.26. The van der Waals surface area contributed by atoms with Crippen LogP contribution in [-0.2, 0) is 12.8 Å². The Morgan fingerprint density at radius 1 is 1.53 bits per heavy atom. The first kappa shape index (κ1) is 11.1. The number of hydrogen-bond acceptors (Lipinski definition) is 3. The van der Waals surface area contributed by atoms with E-state index in [1.165, 1.54) is 34.8 Å². The Morgan fingerprint density at radius 2 is 2.33 bits per heavy atom. The third-order valence-electron chi connectivity index (χ3n) is 2.98. The average Bonchev–Trinajstić information content (AvgIpc) is 2.59. The summed E-state index contributed by atoms with van der Waals surface area (Å²) in [7, 11) is 0. The Hall–Kier alpha value is -0.410. The van der Waals surface area contributed by atoms with Crippen LogP contribution in [0, 0.1) is 5.92 Å². The SMILES string of the molecule is CC(C)CCc1nc2c(s1)CCCC2N.